The van der Waals surface area contributed by atoms with Gasteiger partial charge < -0.3 is 4.74 Å². The van der Waals surface area contributed by atoms with E-state index in [1.165, 1.54) is 6.20 Å². The van der Waals surface area contributed by atoms with Crippen molar-refractivity contribution in [3.63, 3.8) is 0 Å². The van der Waals surface area contributed by atoms with Crippen molar-refractivity contribution in [2.24, 2.45) is 0 Å². The van der Waals surface area contributed by atoms with E-state index in [4.69, 9.17) is 16.3 Å². The fraction of sp³-hybridized carbons (Fsp3) is 0.250. The summed E-state index contributed by atoms with van der Waals surface area (Å²) in [5.41, 5.74) is 0. The van der Waals surface area contributed by atoms with E-state index in [-0.39, 0.29) is 11.1 Å². The third-order valence-electron chi connectivity index (χ3n) is 1.24. The minimum Gasteiger partial charge on any atom is -0.423 e. The van der Waals surface area contributed by atoms with Gasteiger partial charge in [0.1, 0.15) is 0 Å². The molecule has 1 heterocycles. The van der Waals surface area contributed by atoms with Gasteiger partial charge in [-0.2, -0.15) is 0 Å². The van der Waals surface area contributed by atoms with Crippen LogP contribution >= 0.6 is 11.6 Å². The number of nitrogens with zero attached hydrogens (tertiary/aromatic N) is 1. The number of hydrogen-bond donors (Lipinski definition) is 0. The molecule has 64 valence electrons. The number of esters is 1. The number of ether oxygens (including phenoxy) is 1. The van der Waals surface area contributed by atoms with Crippen LogP contribution in [0.4, 0.5) is 0 Å². The largest absolute Gasteiger partial charge is 0.423 e. The van der Waals surface area contributed by atoms with Crippen LogP contribution in [-0.4, -0.2) is 11.0 Å². The van der Waals surface area contributed by atoms with Gasteiger partial charge in [0, 0.05) is 12.6 Å². The molecule has 4 heteroatoms. The lowest BCUT2D eigenvalue weighted by atomic mass is 10.4. The molecule has 0 spiro atoms. The number of aromatic nitrogens is 1. The van der Waals surface area contributed by atoms with Crippen LogP contribution in [0.5, 0.6) is 5.75 Å². The first-order valence-electron chi connectivity index (χ1n) is 3.55. The van der Waals surface area contributed by atoms with Gasteiger partial charge in [0.2, 0.25) is 0 Å². The average Bonchev–Trinajstić information content (AvgIpc) is 2.09. The fourth-order valence-electron chi connectivity index (χ4n) is 0.642. The van der Waals surface area contributed by atoms with Crippen molar-refractivity contribution in [3.05, 3.63) is 23.5 Å². The normalized spacial score (nSPS) is 9.50. The molecule has 1 rings (SSSR count). The minimum absolute atomic E-state index is 0.208. The molecule has 0 aliphatic rings. The van der Waals surface area contributed by atoms with E-state index < -0.39 is 0 Å². The van der Waals surface area contributed by atoms with E-state index in [1.54, 1.807) is 19.1 Å². The molecular formula is C8H8ClNO2. The van der Waals surface area contributed by atoms with Crippen LogP contribution in [0.25, 0.3) is 0 Å². The van der Waals surface area contributed by atoms with Gasteiger partial charge in [-0.15, -0.1) is 0 Å². The van der Waals surface area contributed by atoms with Crippen molar-refractivity contribution in [1.29, 1.82) is 0 Å². The van der Waals surface area contributed by atoms with Gasteiger partial charge in [-0.25, -0.2) is 4.98 Å². The topological polar surface area (TPSA) is 39.2 Å². The number of rotatable bonds is 2. The van der Waals surface area contributed by atoms with Gasteiger partial charge in [0.05, 0.1) is 0 Å². The summed E-state index contributed by atoms with van der Waals surface area (Å²) in [5.74, 6) is -0.00378. The van der Waals surface area contributed by atoms with Crippen molar-refractivity contribution >= 4 is 17.6 Å². The van der Waals surface area contributed by atoms with Crippen molar-refractivity contribution in [2.75, 3.05) is 0 Å². The first-order chi connectivity index (χ1) is 5.74. The van der Waals surface area contributed by atoms with E-state index in [1.807, 2.05) is 0 Å². The number of carbonyl (C=O) groups excluding carboxylic acids is 1. The fourth-order valence-corrected chi connectivity index (χ4v) is 0.800. The first kappa shape index (κ1) is 9.00. The van der Waals surface area contributed by atoms with E-state index in [0.717, 1.165) is 0 Å². The predicted molar refractivity (Wildman–Crippen MR) is 45.2 cm³/mol. The summed E-state index contributed by atoms with van der Waals surface area (Å²) < 4.78 is 4.86. The molecule has 0 aromatic carbocycles. The Morgan fingerprint density at radius 1 is 1.75 bits per heavy atom. The quantitative estimate of drug-likeness (QED) is 0.523. The second kappa shape index (κ2) is 4.07. The highest BCUT2D eigenvalue weighted by Crippen LogP contribution is 2.20. The third-order valence-corrected chi connectivity index (χ3v) is 1.52. The van der Waals surface area contributed by atoms with Crippen molar-refractivity contribution in [2.45, 2.75) is 13.3 Å². The van der Waals surface area contributed by atoms with Crippen LogP contribution in [0.2, 0.25) is 5.15 Å². The van der Waals surface area contributed by atoms with Gasteiger partial charge in [0.15, 0.2) is 10.9 Å². The molecule has 0 saturated carbocycles. The van der Waals surface area contributed by atoms with E-state index >= 15 is 0 Å². The van der Waals surface area contributed by atoms with Crippen molar-refractivity contribution < 1.29 is 9.53 Å². The number of carbonyl (C=O) groups is 1. The Bertz CT molecular complexity index is 288. The summed E-state index contributed by atoms with van der Waals surface area (Å²) in [6.07, 6.45) is 1.86. The third kappa shape index (κ3) is 2.20. The van der Waals surface area contributed by atoms with Crippen LogP contribution in [0, 0.1) is 0 Å². The van der Waals surface area contributed by atoms with Gasteiger partial charge in [-0.1, -0.05) is 18.5 Å². The SMILES string of the molecule is CCC(=O)Oc1cccnc1Cl. The monoisotopic (exact) mass is 185 g/mol. The summed E-state index contributed by atoms with van der Waals surface area (Å²) in [5, 5.41) is 0.208. The Morgan fingerprint density at radius 3 is 3.08 bits per heavy atom. The molecule has 0 aliphatic carbocycles. The van der Waals surface area contributed by atoms with E-state index in [2.05, 4.69) is 4.98 Å². The summed E-state index contributed by atoms with van der Waals surface area (Å²) in [6.45, 7) is 1.71. The number of hydrogen-bond acceptors (Lipinski definition) is 3. The zero-order valence-electron chi connectivity index (χ0n) is 6.58. The van der Waals surface area contributed by atoms with Crippen molar-refractivity contribution in [3.8, 4) is 5.75 Å². The van der Waals surface area contributed by atoms with Crippen LogP contribution in [0.1, 0.15) is 13.3 Å². The molecule has 0 atom stereocenters. The van der Waals surface area contributed by atoms with Crippen LogP contribution in [-0.2, 0) is 4.79 Å². The van der Waals surface area contributed by atoms with Crippen LogP contribution < -0.4 is 4.74 Å². The average molecular weight is 186 g/mol. The maximum atomic E-state index is 10.8. The molecule has 12 heavy (non-hydrogen) atoms. The Labute approximate surface area is 75.3 Å². The summed E-state index contributed by atoms with van der Waals surface area (Å²) in [4.78, 5) is 14.6. The molecule has 0 bridgehead atoms. The molecule has 0 saturated heterocycles. The lowest BCUT2D eigenvalue weighted by Crippen LogP contribution is -2.05. The van der Waals surface area contributed by atoms with E-state index in [9.17, 15) is 4.79 Å². The van der Waals surface area contributed by atoms with E-state index in [0.29, 0.717) is 12.2 Å². The second-order valence-corrected chi connectivity index (χ2v) is 2.48. The highest BCUT2D eigenvalue weighted by Gasteiger charge is 2.05. The molecule has 0 N–H and O–H groups in total. The van der Waals surface area contributed by atoms with Gasteiger partial charge >= 0.3 is 5.97 Å². The smallest absolute Gasteiger partial charge is 0.311 e. The molecule has 0 unspecified atom stereocenters. The highest BCUT2D eigenvalue weighted by atomic mass is 35.5. The Balaban J connectivity index is 2.75. The Hall–Kier alpha value is -1.09. The maximum Gasteiger partial charge on any atom is 0.311 e. The highest BCUT2D eigenvalue weighted by molar-refractivity contribution is 6.30. The maximum absolute atomic E-state index is 10.8. The molecule has 1 aromatic heterocycles. The predicted octanol–water partition coefficient (Wildman–Crippen LogP) is 2.05. The van der Waals surface area contributed by atoms with Crippen LogP contribution in [0.3, 0.4) is 0 Å². The molecule has 0 fully saturated rings. The molecule has 0 aliphatic heterocycles. The van der Waals surface area contributed by atoms with Gasteiger partial charge in [0.25, 0.3) is 0 Å². The second-order valence-electron chi connectivity index (χ2n) is 2.12. The Morgan fingerprint density at radius 2 is 2.50 bits per heavy atom. The zero-order valence-corrected chi connectivity index (χ0v) is 7.34. The Kier molecular flexibility index (Phi) is 3.05. The van der Waals surface area contributed by atoms with Crippen molar-refractivity contribution in [1.82, 2.24) is 4.98 Å². The van der Waals surface area contributed by atoms with Gasteiger partial charge in [-0.3, -0.25) is 4.79 Å². The summed E-state index contributed by atoms with van der Waals surface area (Å²) in [7, 11) is 0. The molecular weight excluding hydrogens is 178 g/mol. The molecule has 0 amide bonds. The molecule has 1 aromatic rings. The summed E-state index contributed by atoms with van der Waals surface area (Å²) >= 11 is 5.64. The lowest BCUT2D eigenvalue weighted by molar-refractivity contribution is -0.134. The number of pyridine rings is 1. The standard InChI is InChI=1S/C8H8ClNO2/c1-2-7(11)12-6-4-3-5-10-8(6)9/h3-5H,2H2,1H3. The summed E-state index contributed by atoms with van der Waals surface area (Å²) in [6, 6.07) is 3.26. The zero-order chi connectivity index (χ0) is 8.97. The first-order valence-corrected chi connectivity index (χ1v) is 3.93. The van der Waals surface area contributed by atoms with Gasteiger partial charge in [-0.05, 0) is 12.1 Å². The minimum atomic E-state index is -0.315. The number of halogens is 1. The van der Waals surface area contributed by atoms with Crippen LogP contribution in [0.15, 0.2) is 18.3 Å². The molecule has 0 radical (unpaired) electrons. The molecule has 3 nitrogen and oxygen atoms in total. The lowest BCUT2D eigenvalue weighted by Gasteiger charge is -2.02.